The average molecular weight is 240 g/mol. The van der Waals surface area contributed by atoms with E-state index in [2.05, 4.69) is 24.4 Å². The van der Waals surface area contributed by atoms with Gasteiger partial charge in [-0.1, -0.05) is 0 Å². The van der Waals surface area contributed by atoms with Gasteiger partial charge in [0.05, 0.1) is 19.0 Å². The quantitative estimate of drug-likeness (QED) is 0.322. The molecule has 3 N–H and O–H groups in total. The smallest absolute Gasteiger partial charge is 0.233 e. The highest BCUT2D eigenvalue weighted by Gasteiger charge is 2.02. The summed E-state index contributed by atoms with van der Waals surface area (Å²) in [6.45, 7) is 4.70. The number of nitrogens with zero attached hydrogens (tertiary/aromatic N) is 2. The van der Waals surface area contributed by atoms with Crippen LogP contribution in [0, 0.1) is 0 Å². The van der Waals surface area contributed by atoms with E-state index in [1.165, 1.54) is 0 Å². The fraction of sp³-hybridized carbons (Fsp3) is 0.636. The van der Waals surface area contributed by atoms with Crippen LogP contribution >= 0.6 is 0 Å². The molecule has 0 aliphatic rings. The predicted molar refractivity (Wildman–Crippen MR) is 64.3 cm³/mol. The zero-order chi connectivity index (χ0) is 12.7. The van der Waals surface area contributed by atoms with Crippen molar-refractivity contribution in [2.45, 2.75) is 39.2 Å². The second kappa shape index (κ2) is 6.90. The second-order valence-corrected chi connectivity index (χ2v) is 4.12. The van der Waals surface area contributed by atoms with Crippen molar-refractivity contribution in [3.8, 4) is 5.75 Å². The first-order chi connectivity index (χ1) is 8.13. The maximum absolute atomic E-state index is 10.8. The van der Waals surface area contributed by atoms with Crippen molar-refractivity contribution in [3.05, 3.63) is 12.4 Å². The zero-order valence-corrected chi connectivity index (χ0v) is 10.3. The van der Waals surface area contributed by atoms with Gasteiger partial charge >= 0.3 is 0 Å². The van der Waals surface area contributed by atoms with Gasteiger partial charge in [-0.05, 0) is 26.7 Å². The molecule has 0 aromatic carbocycles. The number of hydrogen-bond donors (Lipinski definition) is 2. The lowest BCUT2D eigenvalue weighted by atomic mass is 10.2. The molecular weight excluding hydrogens is 220 g/mol. The number of hydrogen-bond acceptors (Lipinski definition) is 4. The molecule has 17 heavy (non-hydrogen) atoms. The van der Waals surface area contributed by atoms with E-state index < -0.39 is 0 Å². The van der Waals surface area contributed by atoms with Gasteiger partial charge in [-0.2, -0.15) is 5.10 Å². The van der Waals surface area contributed by atoms with E-state index in [0.717, 1.165) is 18.6 Å². The summed E-state index contributed by atoms with van der Waals surface area (Å²) in [6, 6.07) is 0.334. The Morgan fingerprint density at radius 3 is 2.94 bits per heavy atom. The summed E-state index contributed by atoms with van der Waals surface area (Å²) in [4.78, 5) is 10.8. The normalized spacial score (nSPS) is 10.6. The van der Waals surface area contributed by atoms with Crippen molar-refractivity contribution in [1.29, 1.82) is 0 Å². The largest absolute Gasteiger partial charge is 0.490 e. The zero-order valence-electron chi connectivity index (χ0n) is 10.3. The molecule has 0 aliphatic heterocycles. The topological polar surface area (TPSA) is 82.2 Å². The maximum Gasteiger partial charge on any atom is 0.233 e. The van der Waals surface area contributed by atoms with Gasteiger partial charge in [0.15, 0.2) is 5.75 Å². The minimum absolute atomic E-state index is 0.141. The third-order valence-corrected chi connectivity index (χ3v) is 2.33. The van der Waals surface area contributed by atoms with Crippen LogP contribution in [0.5, 0.6) is 5.75 Å². The van der Waals surface area contributed by atoms with Gasteiger partial charge in [-0.3, -0.25) is 14.9 Å². The summed E-state index contributed by atoms with van der Waals surface area (Å²) in [6.07, 6.45) is 5.59. The van der Waals surface area contributed by atoms with E-state index in [4.69, 9.17) is 10.6 Å². The molecule has 0 spiro atoms. The van der Waals surface area contributed by atoms with E-state index in [0.29, 0.717) is 19.1 Å². The van der Waals surface area contributed by atoms with E-state index in [1.807, 2.05) is 10.9 Å². The summed E-state index contributed by atoms with van der Waals surface area (Å²) < 4.78 is 7.35. The SMILES string of the molecule is CC(C)n1cc(OCCCCC(=O)NN)cn1. The molecule has 96 valence electrons. The minimum Gasteiger partial charge on any atom is -0.490 e. The monoisotopic (exact) mass is 240 g/mol. The Balaban J connectivity index is 2.15. The number of carbonyl (C=O) groups excluding carboxylic acids is 1. The van der Waals surface area contributed by atoms with Gasteiger partial charge in [0, 0.05) is 12.5 Å². The van der Waals surface area contributed by atoms with Crippen LogP contribution in [-0.2, 0) is 4.79 Å². The molecule has 0 saturated heterocycles. The molecule has 1 heterocycles. The first kappa shape index (κ1) is 13.5. The highest BCUT2D eigenvalue weighted by atomic mass is 16.5. The van der Waals surface area contributed by atoms with Gasteiger partial charge in [0.1, 0.15) is 0 Å². The van der Waals surface area contributed by atoms with Crippen LogP contribution in [0.4, 0.5) is 0 Å². The van der Waals surface area contributed by atoms with Gasteiger partial charge in [-0.15, -0.1) is 0 Å². The summed E-state index contributed by atoms with van der Waals surface area (Å²) in [5, 5.41) is 4.17. The molecule has 0 atom stereocenters. The molecule has 0 saturated carbocycles. The number of unbranched alkanes of at least 4 members (excludes halogenated alkanes) is 1. The molecular formula is C11H20N4O2. The van der Waals surface area contributed by atoms with Gasteiger partial charge in [0.25, 0.3) is 0 Å². The van der Waals surface area contributed by atoms with Crippen molar-refractivity contribution in [3.63, 3.8) is 0 Å². The van der Waals surface area contributed by atoms with Crippen molar-refractivity contribution < 1.29 is 9.53 Å². The van der Waals surface area contributed by atoms with Crippen LogP contribution < -0.4 is 16.0 Å². The number of nitrogens with one attached hydrogen (secondary N) is 1. The maximum atomic E-state index is 10.8. The summed E-state index contributed by atoms with van der Waals surface area (Å²) in [5.74, 6) is 5.59. The molecule has 0 unspecified atom stereocenters. The van der Waals surface area contributed by atoms with E-state index in [9.17, 15) is 4.79 Å². The lowest BCUT2D eigenvalue weighted by Crippen LogP contribution is -2.29. The Labute approximate surface area is 101 Å². The number of ether oxygens (including phenoxy) is 1. The molecule has 6 heteroatoms. The molecule has 1 aromatic rings. The fourth-order valence-electron chi connectivity index (χ4n) is 1.33. The van der Waals surface area contributed by atoms with Crippen LogP contribution in [0.1, 0.15) is 39.2 Å². The third-order valence-electron chi connectivity index (χ3n) is 2.33. The Morgan fingerprint density at radius 1 is 1.59 bits per heavy atom. The fourth-order valence-corrected chi connectivity index (χ4v) is 1.33. The third kappa shape index (κ3) is 4.86. The first-order valence-electron chi connectivity index (χ1n) is 5.80. The molecule has 0 bridgehead atoms. The Hall–Kier alpha value is -1.56. The number of rotatable bonds is 7. The van der Waals surface area contributed by atoms with Crippen LogP contribution in [-0.4, -0.2) is 22.3 Å². The van der Waals surface area contributed by atoms with Gasteiger partial charge in [-0.25, -0.2) is 5.84 Å². The van der Waals surface area contributed by atoms with Crippen LogP contribution in [0.15, 0.2) is 12.4 Å². The molecule has 0 aliphatic carbocycles. The number of hydrazine groups is 1. The van der Waals surface area contributed by atoms with Crippen LogP contribution in [0.2, 0.25) is 0 Å². The minimum atomic E-state index is -0.141. The van der Waals surface area contributed by atoms with Crippen molar-refractivity contribution >= 4 is 5.91 Å². The molecule has 0 radical (unpaired) electrons. The first-order valence-corrected chi connectivity index (χ1v) is 5.80. The number of amides is 1. The number of aromatic nitrogens is 2. The van der Waals surface area contributed by atoms with Gasteiger partial charge < -0.3 is 4.74 Å². The van der Waals surface area contributed by atoms with E-state index in [1.54, 1.807) is 6.20 Å². The Morgan fingerprint density at radius 2 is 2.35 bits per heavy atom. The number of nitrogens with two attached hydrogens (primary N) is 1. The summed E-state index contributed by atoms with van der Waals surface area (Å²) in [5.41, 5.74) is 2.10. The molecule has 6 nitrogen and oxygen atoms in total. The van der Waals surface area contributed by atoms with Crippen LogP contribution in [0.3, 0.4) is 0 Å². The summed E-state index contributed by atoms with van der Waals surface area (Å²) in [7, 11) is 0. The van der Waals surface area contributed by atoms with Gasteiger partial charge in [0.2, 0.25) is 5.91 Å². The molecule has 1 rings (SSSR count). The number of carbonyl (C=O) groups is 1. The molecule has 1 amide bonds. The average Bonchev–Trinajstić information content (AvgIpc) is 2.77. The lowest BCUT2D eigenvalue weighted by molar-refractivity contribution is -0.121. The standard InChI is InChI=1S/C11H20N4O2/c1-9(2)15-8-10(7-13-15)17-6-4-3-5-11(16)14-12/h7-9H,3-6,12H2,1-2H3,(H,14,16). The Kier molecular flexibility index (Phi) is 5.48. The van der Waals surface area contributed by atoms with E-state index >= 15 is 0 Å². The predicted octanol–water partition coefficient (Wildman–Crippen LogP) is 1.00. The van der Waals surface area contributed by atoms with Crippen molar-refractivity contribution in [2.24, 2.45) is 5.84 Å². The van der Waals surface area contributed by atoms with E-state index in [-0.39, 0.29) is 5.91 Å². The Bertz CT molecular complexity index is 349. The highest BCUT2D eigenvalue weighted by molar-refractivity contribution is 5.75. The lowest BCUT2D eigenvalue weighted by Gasteiger charge is -2.04. The summed E-state index contributed by atoms with van der Waals surface area (Å²) >= 11 is 0. The highest BCUT2D eigenvalue weighted by Crippen LogP contribution is 2.12. The second-order valence-electron chi connectivity index (χ2n) is 4.12. The van der Waals surface area contributed by atoms with Crippen LogP contribution in [0.25, 0.3) is 0 Å². The van der Waals surface area contributed by atoms with Crippen molar-refractivity contribution in [1.82, 2.24) is 15.2 Å². The van der Waals surface area contributed by atoms with Crippen molar-refractivity contribution in [2.75, 3.05) is 6.61 Å². The molecule has 1 aromatic heterocycles. The molecule has 0 fully saturated rings.